The topological polar surface area (TPSA) is 60.9 Å². The fraction of sp³-hybridized carbons (Fsp3) is 0.182. The van der Waals surface area contributed by atoms with Crippen LogP contribution in [0.3, 0.4) is 0 Å². The molecule has 0 bridgehead atoms. The number of hydrogen-bond donors (Lipinski definition) is 0. The van der Waals surface area contributed by atoms with Crippen molar-refractivity contribution in [3.8, 4) is 5.69 Å². The number of hydrogen-bond acceptors (Lipinski definition) is 4. The standard InChI is InChI=1S/C22H20N6/c1-15-8-9-16(2)19(12-15)28-21-18(13-24-28)22-26-25-20(27(22)14-23-21)11-10-17-6-4-3-5-7-17/h3-9,12-14H,10-11H2,1-2H3. The fourth-order valence-corrected chi connectivity index (χ4v) is 3.56. The van der Waals surface area contributed by atoms with Gasteiger partial charge in [0.15, 0.2) is 11.3 Å². The number of benzene rings is 2. The Morgan fingerprint density at radius 1 is 0.893 bits per heavy atom. The molecule has 0 saturated carbocycles. The fourth-order valence-electron chi connectivity index (χ4n) is 3.56. The van der Waals surface area contributed by atoms with E-state index < -0.39 is 0 Å². The van der Waals surface area contributed by atoms with Crippen LogP contribution in [0.15, 0.2) is 61.1 Å². The summed E-state index contributed by atoms with van der Waals surface area (Å²) in [5.74, 6) is 0.910. The highest BCUT2D eigenvalue weighted by Gasteiger charge is 2.15. The SMILES string of the molecule is Cc1ccc(C)c(-n2ncc3c2ncn2c(CCc4ccccc4)nnc32)c1. The molecule has 3 heterocycles. The molecule has 6 heteroatoms. The van der Waals surface area contributed by atoms with Crippen molar-refractivity contribution in [3.63, 3.8) is 0 Å². The number of rotatable bonds is 4. The first kappa shape index (κ1) is 16.6. The molecule has 0 amide bonds. The molecule has 0 fully saturated rings. The Hall–Kier alpha value is -3.54. The van der Waals surface area contributed by atoms with Crippen LogP contribution < -0.4 is 0 Å². The van der Waals surface area contributed by atoms with Gasteiger partial charge < -0.3 is 0 Å². The molecule has 0 unspecified atom stereocenters. The monoisotopic (exact) mass is 368 g/mol. The van der Waals surface area contributed by atoms with Gasteiger partial charge >= 0.3 is 0 Å². The minimum absolute atomic E-state index is 0.795. The Bertz CT molecular complexity index is 1280. The average molecular weight is 368 g/mol. The molecule has 5 rings (SSSR count). The lowest BCUT2D eigenvalue weighted by atomic mass is 10.1. The summed E-state index contributed by atoms with van der Waals surface area (Å²) in [6, 6.07) is 16.8. The third-order valence-electron chi connectivity index (χ3n) is 5.12. The molecule has 0 N–H and O–H groups in total. The van der Waals surface area contributed by atoms with E-state index in [-0.39, 0.29) is 0 Å². The second-order valence-corrected chi connectivity index (χ2v) is 7.12. The molecule has 0 aliphatic carbocycles. The van der Waals surface area contributed by atoms with Crippen molar-refractivity contribution in [2.75, 3.05) is 0 Å². The first-order valence-electron chi connectivity index (χ1n) is 9.38. The first-order valence-corrected chi connectivity index (χ1v) is 9.38. The van der Waals surface area contributed by atoms with Crippen molar-refractivity contribution in [3.05, 3.63) is 83.6 Å². The minimum atomic E-state index is 0.795. The van der Waals surface area contributed by atoms with E-state index in [1.54, 1.807) is 6.33 Å². The first-order chi connectivity index (χ1) is 13.7. The minimum Gasteiger partial charge on any atom is -0.269 e. The van der Waals surface area contributed by atoms with Gasteiger partial charge in [0, 0.05) is 6.42 Å². The van der Waals surface area contributed by atoms with Crippen LogP contribution in [-0.2, 0) is 12.8 Å². The van der Waals surface area contributed by atoms with Gasteiger partial charge in [-0.1, -0.05) is 42.5 Å². The van der Waals surface area contributed by atoms with Crippen molar-refractivity contribution in [1.29, 1.82) is 0 Å². The van der Waals surface area contributed by atoms with E-state index in [1.807, 2.05) is 21.3 Å². The van der Waals surface area contributed by atoms with Gasteiger partial charge in [-0.25, -0.2) is 9.67 Å². The molecule has 138 valence electrons. The zero-order chi connectivity index (χ0) is 19.1. The molecule has 0 saturated heterocycles. The zero-order valence-electron chi connectivity index (χ0n) is 15.9. The Morgan fingerprint density at radius 3 is 2.61 bits per heavy atom. The van der Waals surface area contributed by atoms with Crippen molar-refractivity contribution >= 4 is 16.7 Å². The van der Waals surface area contributed by atoms with Crippen LogP contribution >= 0.6 is 0 Å². The number of aryl methyl sites for hydroxylation is 4. The van der Waals surface area contributed by atoms with Crippen molar-refractivity contribution in [2.24, 2.45) is 0 Å². The molecule has 6 nitrogen and oxygen atoms in total. The Labute approximate surface area is 162 Å². The van der Waals surface area contributed by atoms with Crippen LogP contribution in [0, 0.1) is 13.8 Å². The van der Waals surface area contributed by atoms with Gasteiger partial charge in [0.2, 0.25) is 0 Å². The molecule has 0 radical (unpaired) electrons. The van der Waals surface area contributed by atoms with E-state index in [2.05, 4.69) is 76.6 Å². The van der Waals surface area contributed by atoms with Crippen LogP contribution in [0.5, 0.6) is 0 Å². The molecule has 0 aliphatic heterocycles. The number of fused-ring (bicyclic) bond motifs is 3. The van der Waals surface area contributed by atoms with Crippen molar-refractivity contribution in [2.45, 2.75) is 26.7 Å². The normalized spacial score (nSPS) is 11.5. The summed E-state index contributed by atoms with van der Waals surface area (Å²) < 4.78 is 3.86. The zero-order valence-corrected chi connectivity index (χ0v) is 15.9. The third-order valence-corrected chi connectivity index (χ3v) is 5.12. The van der Waals surface area contributed by atoms with Gasteiger partial charge in [-0.3, -0.25) is 4.40 Å². The number of nitrogens with zero attached hydrogens (tertiary/aromatic N) is 6. The lowest BCUT2D eigenvalue weighted by Gasteiger charge is -2.08. The summed E-state index contributed by atoms with van der Waals surface area (Å²) in [4.78, 5) is 4.69. The molecule has 0 spiro atoms. The van der Waals surface area contributed by atoms with Crippen LogP contribution in [0.4, 0.5) is 0 Å². The Kier molecular flexibility index (Phi) is 3.90. The van der Waals surface area contributed by atoms with E-state index in [0.29, 0.717) is 0 Å². The second kappa shape index (κ2) is 6.56. The molecule has 28 heavy (non-hydrogen) atoms. The Balaban J connectivity index is 1.56. The van der Waals surface area contributed by atoms with E-state index in [1.165, 1.54) is 11.1 Å². The van der Waals surface area contributed by atoms with Crippen LogP contribution in [0.2, 0.25) is 0 Å². The molecular formula is C22H20N6. The lowest BCUT2D eigenvalue weighted by molar-refractivity contribution is 0.830. The van der Waals surface area contributed by atoms with Crippen LogP contribution in [-0.4, -0.2) is 29.4 Å². The lowest BCUT2D eigenvalue weighted by Crippen LogP contribution is -2.02. The smallest absolute Gasteiger partial charge is 0.174 e. The van der Waals surface area contributed by atoms with E-state index in [4.69, 9.17) is 0 Å². The molecule has 3 aromatic heterocycles. The van der Waals surface area contributed by atoms with E-state index in [9.17, 15) is 0 Å². The maximum absolute atomic E-state index is 4.69. The van der Waals surface area contributed by atoms with Crippen LogP contribution in [0.1, 0.15) is 22.5 Å². The highest BCUT2D eigenvalue weighted by molar-refractivity contribution is 5.89. The molecule has 0 atom stereocenters. The summed E-state index contributed by atoms with van der Waals surface area (Å²) in [7, 11) is 0. The maximum Gasteiger partial charge on any atom is 0.174 e. The second-order valence-electron chi connectivity index (χ2n) is 7.12. The number of aromatic nitrogens is 6. The van der Waals surface area contributed by atoms with Gasteiger partial charge in [0.05, 0.1) is 17.3 Å². The molecule has 0 aliphatic rings. The predicted octanol–water partition coefficient (Wildman–Crippen LogP) is 3.87. The maximum atomic E-state index is 4.69. The van der Waals surface area contributed by atoms with Gasteiger partial charge in [0.25, 0.3) is 0 Å². The van der Waals surface area contributed by atoms with E-state index in [0.717, 1.165) is 46.6 Å². The molecule has 5 aromatic rings. The molecular weight excluding hydrogens is 348 g/mol. The van der Waals surface area contributed by atoms with Gasteiger partial charge in [-0.15, -0.1) is 10.2 Å². The third kappa shape index (κ3) is 2.74. The van der Waals surface area contributed by atoms with Gasteiger partial charge in [-0.2, -0.15) is 5.10 Å². The largest absolute Gasteiger partial charge is 0.269 e. The predicted molar refractivity (Wildman–Crippen MR) is 109 cm³/mol. The average Bonchev–Trinajstić information content (AvgIpc) is 3.33. The summed E-state index contributed by atoms with van der Waals surface area (Å²) >= 11 is 0. The van der Waals surface area contributed by atoms with Gasteiger partial charge in [0.1, 0.15) is 12.2 Å². The highest BCUT2D eigenvalue weighted by Crippen LogP contribution is 2.23. The summed E-state index contributed by atoms with van der Waals surface area (Å²) in [5, 5.41) is 14.3. The Morgan fingerprint density at radius 2 is 1.75 bits per heavy atom. The van der Waals surface area contributed by atoms with Crippen molar-refractivity contribution < 1.29 is 0 Å². The molecule has 2 aromatic carbocycles. The van der Waals surface area contributed by atoms with Gasteiger partial charge in [-0.05, 0) is 43.0 Å². The van der Waals surface area contributed by atoms with Crippen molar-refractivity contribution in [1.82, 2.24) is 29.4 Å². The summed E-state index contributed by atoms with van der Waals surface area (Å²) in [6.45, 7) is 4.16. The summed E-state index contributed by atoms with van der Waals surface area (Å²) in [6.07, 6.45) is 5.36. The van der Waals surface area contributed by atoms with Crippen LogP contribution in [0.25, 0.3) is 22.4 Å². The quantitative estimate of drug-likeness (QED) is 0.483. The summed E-state index contributed by atoms with van der Waals surface area (Å²) in [5.41, 5.74) is 6.26. The van der Waals surface area contributed by atoms with E-state index >= 15 is 0 Å². The highest BCUT2D eigenvalue weighted by atomic mass is 15.3.